The Labute approximate surface area is 244 Å². The number of allylic oxidation sites excluding steroid dienone is 8. The molecule has 4 fully saturated rings. The van der Waals surface area contributed by atoms with Gasteiger partial charge in [-0.2, -0.15) is 0 Å². The average Bonchev–Trinajstić information content (AvgIpc) is 3.45. The van der Waals surface area contributed by atoms with Gasteiger partial charge in [0.25, 0.3) is 0 Å². The van der Waals surface area contributed by atoms with Crippen LogP contribution < -0.4 is 34.0 Å². The fourth-order valence-electron chi connectivity index (χ4n) is 7.31. The molecule has 0 spiro atoms. The molecular formula is C30H42Br2Zr. The third-order valence-electron chi connectivity index (χ3n) is 9.07. The molecule has 0 bridgehead atoms. The summed E-state index contributed by atoms with van der Waals surface area (Å²) in [5.74, 6) is 5.63. The van der Waals surface area contributed by atoms with Gasteiger partial charge < -0.3 is 34.0 Å². The van der Waals surface area contributed by atoms with Gasteiger partial charge in [-0.15, -0.1) is 24.3 Å². The molecule has 4 atom stereocenters. The van der Waals surface area contributed by atoms with Gasteiger partial charge in [0, 0.05) is 0 Å². The Morgan fingerprint density at radius 1 is 0.576 bits per heavy atom. The largest absolute Gasteiger partial charge is 4.00 e. The molecule has 33 heavy (non-hydrogen) atoms. The maximum absolute atomic E-state index is 2.60. The van der Waals surface area contributed by atoms with Crippen LogP contribution in [0.3, 0.4) is 0 Å². The number of halogens is 2. The number of hydrogen-bond donors (Lipinski definition) is 0. The molecule has 6 rings (SSSR count). The quantitative estimate of drug-likeness (QED) is 0.403. The smallest absolute Gasteiger partial charge is 1.00 e. The van der Waals surface area contributed by atoms with Crippen molar-refractivity contribution in [1.82, 2.24) is 0 Å². The molecule has 0 radical (unpaired) electrons. The van der Waals surface area contributed by atoms with Crippen molar-refractivity contribution in [3.63, 3.8) is 0 Å². The van der Waals surface area contributed by atoms with E-state index in [4.69, 9.17) is 0 Å². The molecule has 6 aliphatic rings. The first kappa shape index (κ1) is 29.8. The van der Waals surface area contributed by atoms with Crippen molar-refractivity contribution in [1.29, 1.82) is 0 Å². The van der Waals surface area contributed by atoms with Crippen LogP contribution in [0.1, 0.15) is 89.9 Å². The van der Waals surface area contributed by atoms with Crippen molar-refractivity contribution in [3.8, 4) is 0 Å². The van der Waals surface area contributed by atoms with E-state index in [0.29, 0.717) is 0 Å². The Bertz CT molecular complexity index is 634. The minimum absolute atomic E-state index is 0. The average molecular weight is 654 g/mol. The molecule has 0 amide bonds. The summed E-state index contributed by atoms with van der Waals surface area (Å²) in [4.78, 5) is 0. The summed E-state index contributed by atoms with van der Waals surface area (Å²) >= 11 is 0. The maximum Gasteiger partial charge on any atom is 4.00 e. The fourth-order valence-corrected chi connectivity index (χ4v) is 7.31. The minimum Gasteiger partial charge on any atom is -1.00 e. The maximum atomic E-state index is 2.60. The van der Waals surface area contributed by atoms with Crippen LogP contribution in [0.2, 0.25) is 0 Å². The summed E-state index contributed by atoms with van der Waals surface area (Å²) in [6.45, 7) is 0. The fraction of sp³-hybridized carbons (Fsp3) is 0.667. The molecule has 0 aromatic rings. The van der Waals surface area contributed by atoms with Crippen LogP contribution in [0.15, 0.2) is 47.6 Å². The zero-order valence-corrected chi connectivity index (χ0v) is 25.9. The van der Waals surface area contributed by atoms with E-state index in [0.717, 1.165) is 35.5 Å². The molecule has 0 N–H and O–H groups in total. The normalized spacial score (nSPS) is 32.6. The van der Waals surface area contributed by atoms with Crippen molar-refractivity contribution in [3.05, 3.63) is 60.4 Å². The molecule has 180 valence electrons. The van der Waals surface area contributed by atoms with Gasteiger partial charge in [0.15, 0.2) is 0 Å². The van der Waals surface area contributed by atoms with E-state index in [1.807, 2.05) is 0 Å². The van der Waals surface area contributed by atoms with Gasteiger partial charge in [-0.1, -0.05) is 101 Å². The summed E-state index contributed by atoms with van der Waals surface area (Å²) in [6.07, 6.45) is 39.4. The zero-order valence-electron chi connectivity index (χ0n) is 20.2. The van der Waals surface area contributed by atoms with Gasteiger partial charge in [0.1, 0.15) is 0 Å². The monoisotopic (exact) mass is 650 g/mol. The van der Waals surface area contributed by atoms with Crippen LogP contribution in [-0.2, 0) is 26.2 Å². The topological polar surface area (TPSA) is 0 Å². The first-order valence-electron chi connectivity index (χ1n) is 13.3. The second kappa shape index (κ2) is 14.9. The number of fused-ring (bicyclic) bond motifs is 2. The molecule has 0 saturated heterocycles. The SMILES string of the molecule is C1=CCC2CC(C3CCCCC3)[CH-]C2=C1.C1=CCC2CC(C3CCCCC3)[CH-]C2=C1.[Br-].[Br-].[Zr+4]. The molecular weight excluding hydrogens is 611 g/mol. The van der Waals surface area contributed by atoms with Gasteiger partial charge >= 0.3 is 26.2 Å². The van der Waals surface area contributed by atoms with E-state index in [2.05, 4.69) is 49.3 Å². The third kappa shape index (κ3) is 7.76. The first-order valence-corrected chi connectivity index (χ1v) is 13.3. The van der Waals surface area contributed by atoms with Crippen molar-refractivity contribution in [2.45, 2.75) is 89.9 Å². The molecule has 0 nitrogen and oxygen atoms in total. The van der Waals surface area contributed by atoms with Crippen molar-refractivity contribution >= 4 is 0 Å². The van der Waals surface area contributed by atoms with E-state index >= 15 is 0 Å². The first-order chi connectivity index (χ1) is 14.9. The van der Waals surface area contributed by atoms with Crippen LogP contribution >= 0.6 is 0 Å². The molecule has 0 aromatic carbocycles. The second-order valence-corrected chi connectivity index (χ2v) is 11.0. The summed E-state index contributed by atoms with van der Waals surface area (Å²) in [5, 5.41) is 0. The number of rotatable bonds is 2. The third-order valence-corrected chi connectivity index (χ3v) is 9.07. The van der Waals surface area contributed by atoms with Gasteiger partial charge in [0.2, 0.25) is 0 Å². The molecule has 0 heterocycles. The molecule has 4 unspecified atom stereocenters. The van der Waals surface area contributed by atoms with Crippen molar-refractivity contribution in [2.24, 2.45) is 35.5 Å². The summed E-state index contributed by atoms with van der Waals surface area (Å²) < 4.78 is 0. The van der Waals surface area contributed by atoms with E-state index < -0.39 is 0 Å². The zero-order chi connectivity index (χ0) is 20.2. The predicted octanol–water partition coefficient (Wildman–Crippen LogP) is 2.59. The minimum atomic E-state index is 0. The summed E-state index contributed by atoms with van der Waals surface area (Å²) in [5.41, 5.74) is 3.29. The molecule has 0 aromatic heterocycles. The Hall–Kier alpha value is 0.543. The predicted molar refractivity (Wildman–Crippen MR) is 129 cm³/mol. The Kier molecular flexibility index (Phi) is 13.5. The van der Waals surface area contributed by atoms with Crippen LogP contribution in [-0.4, -0.2) is 0 Å². The summed E-state index contributed by atoms with van der Waals surface area (Å²) in [6, 6.07) is 0. The van der Waals surface area contributed by atoms with Gasteiger partial charge in [0.05, 0.1) is 0 Å². The van der Waals surface area contributed by atoms with Crippen LogP contribution in [0.4, 0.5) is 0 Å². The van der Waals surface area contributed by atoms with Crippen LogP contribution in [0.5, 0.6) is 0 Å². The van der Waals surface area contributed by atoms with Crippen molar-refractivity contribution in [2.75, 3.05) is 0 Å². The standard InChI is InChI=1S/2C15H21.2BrH.Zr/c2*1-2-6-12(7-3-1)15-10-13-8-4-5-9-14(13)11-15;;;/h2*4-5,8,10,12,14-15H,1-3,6-7,9,11H2;2*1H;/q2*-1;;;+4/p-2. The van der Waals surface area contributed by atoms with E-state index in [1.54, 1.807) is 11.1 Å². The molecule has 6 aliphatic carbocycles. The van der Waals surface area contributed by atoms with Gasteiger partial charge in [-0.3, -0.25) is 0 Å². The Morgan fingerprint density at radius 3 is 1.33 bits per heavy atom. The van der Waals surface area contributed by atoms with E-state index in [9.17, 15) is 0 Å². The molecule has 0 aliphatic heterocycles. The number of hydrogen-bond acceptors (Lipinski definition) is 0. The Morgan fingerprint density at radius 2 is 0.970 bits per heavy atom. The van der Waals surface area contributed by atoms with Crippen LogP contribution in [0.25, 0.3) is 0 Å². The van der Waals surface area contributed by atoms with Gasteiger partial charge in [-0.25, -0.2) is 36.1 Å². The molecule has 4 saturated carbocycles. The van der Waals surface area contributed by atoms with Crippen LogP contribution in [0, 0.1) is 48.3 Å². The van der Waals surface area contributed by atoms with E-state index in [-0.39, 0.29) is 60.2 Å². The van der Waals surface area contributed by atoms with Gasteiger partial charge in [-0.05, 0) is 24.7 Å². The van der Waals surface area contributed by atoms with Crippen molar-refractivity contribution < 1.29 is 60.2 Å². The summed E-state index contributed by atoms with van der Waals surface area (Å²) in [7, 11) is 0. The second-order valence-electron chi connectivity index (χ2n) is 11.0. The molecule has 3 heteroatoms. The van der Waals surface area contributed by atoms with E-state index in [1.165, 1.54) is 89.9 Å². The Balaban J connectivity index is 0.000000214.